The molecule has 0 saturated heterocycles. The molecule has 1 aromatic carbocycles. The molecule has 80 valence electrons. The summed E-state index contributed by atoms with van der Waals surface area (Å²) in [6, 6.07) is 6.83. The third kappa shape index (κ3) is 1.64. The lowest BCUT2D eigenvalue weighted by molar-refractivity contribution is 0.0877. The monoisotopic (exact) mass is 213 g/mol. The normalized spacial score (nSPS) is 14.6. The van der Waals surface area contributed by atoms with Gasteiger partial charge in [0.1, 0.15) is 5.92 Å². The maximum atomic E-state index is 11.8. The number of hydrogen-bond donors (Lipinski definition) is 1. The molecule has 2 rings (SSSR count). The van der Waals surface area contributed by atoms with Crippen LogP contribution in [-0.2, 0) is 0 Å². The summed E-state index contributed by atoms with van der Waals surface area (Å²) in [6.07, 6.45) is 0.507. The quantitative estimate of drug-likeness (QED) is 0.560. The first-order valence-corrected chi connectivity index (χ1v) is 5.11. The number of ketones is 2. The topological polar surface area (TPSA) is 60.2 Å². The summed E-state index contributed by atoms with van der Waals surface area (Å²) >= 11 is 0. The molecule has 0 aliphatic heterocycles. The van der Waals surface area contributed by atoms with Gasteiger partial charge >= 0.3 is 0 Å². The van der Waals surface area contributed by atoms with Gasteiger partial charge in [0.2, 0.25) is 0 Å². The van der Waals surface area contributed by atoms with Crippen LogP contribution in [0, 0.1) is 17.8 Å². The van der Waals surface area contributed by atoms with Gasteiger partial charge in [-0.15, -0.1) is 5.92 Å². The Balaban J connectivity index is 2.33. The first-order chi connectivity index (χ1) is 7.75. The summed E-state index contributed by atoms with van der Waals surface area (Å²) in [5, 5.41) is 0. The number of hydrogen-bond acceptors (Lipinski definition) is 3. The molecular formula is C13H11NO2. The summed E-state index contributed by atoms with van der Waals surface area (Å²) in [6.45, 7) is 0.440. The Bertz CT molecular complexity index is 473. The SMILES string of the molecule is NCCC#CC1C(=O)c2ccccc2C1=O. The van der Waals surface area contributed by atoms with Crippen molar-refractivity contribution < 1.29 is 9.59 Å². The minimum absolute atomic E-state index is 0.190. The van der Waals surface area contributed by atoms with E-state index < -0.39 is 5.92 Å². The Hall–Kier alpha value is -1.92. The van der Waals surface area contributed by atoms with Crippen LogP contribution in [0.4, 0.5) is 0 Å². The van der Waals surface area contributed by atoms with Crippen molar-refractivity contribution in [2.75, 3.05) is 6.54 Å². The standard InChI is InChI=1S/C13H11NO2/c14-8-4-3-7-11-12(15)9-5-1-2-6-10(9)13(11)16/h1-2,5-6,11H,4,8,14H2. The Kier molecular flexibility index (Phi) is 2.84. The predicted molar refractivity (Wildman–Crippen MR) is 60.0 cm³/mol. The zero-order valence-corrected chi connectivity index (χ0v) is 8.69. The van der Waals surface area contributed by atoms with E-state index in [0.717, 1.165) is 0 Å². The molecule has 0 saturated carbocycles. The number of benzene rings is 1. The summed E-state index contributed by atoms with van der Waals surface area (Å²) in [4.78, 5) is 23.7. The van der Waals surface area contributed by atoms with E-state index in [1.165, 1.54) is 0 Å². The zero-order valence-electron chi connectivity index (χ0n) is 8.69. The van der Waals surface area contributed by atoms with E-state index in [-0.39, 0.29) is 11.6 Å². The number of rotatable bonds is 1. The van der Waals surface area contributed by atoms with Crippen molar-refractivity contribution >= 4 is 11.6 Å². The first-order valence-electron chi connectivity index (χ1n) is 5.11. The van der Waals surface area contributed by atoms with Crippen molar-refractivity contribution in [1.29, 1.82) is 0 Å². The lowest BCUT2D eigenvalue weighted by Crippen LogP contribution is -2.12. The van der Waals surface area contributed by atoms with Gasteiger partial charge in [-0.25, -0.2) is 0 Å². The number of carbonyl (C=O) groups is 2. The molecule has 2 N–H and O–H groups in total. The molecule has 0 heterocycles. The molecule has 0 bridgehead atoms. The van der Waals surface area contributed by atoms with Gasteiger partial charge in [0.15, 0.2) is 11.6 Å². The van der Waals surface area contributed by atoms with E-state index in [2.05, 4.69) is 11.8 Å². The van der Waals surface area contributed by atoms with Gasteiger partial charge in [-0.05, 0) is 0 Å². The van der Waals surface area contributed by atoms with Gasteiger partial charge < -0.3 is 5.73 Å². The molecule has 0 fully saturated rings. The maximum Gasteiger partial charge on any atom is 0.186 e. The molecule has 3 nitrogen and oxygen atoms in total. The van der Waals surface area contributed by atoms with Gasteiger partial charge in [-0.1, -0.05) is 30.2 Å². The highest BCUT2D eigenvalue weighted by molar-refractivity contribution is 6.28. The highest BCUT2D eigenvalue weighted by Crippen LogP contribution is 2.25. The summed E-state index contributed by atoms with van der Waals surface area (Å²) in [5.74, 6) is 4.26. The molecular weight excluding hydrogens is 202 g/mol. The summed E-state index contributed by atoms with van der Waals surface area (Å²) in [5.41, 5.74) is 6.27. The Labute approximate surface area is 93.6 Å². The van der Waals surface area contributed by atoms with Crippen molar-refractivity contribution in [2.24, 2.45) is 11.7 Å². The highest BCUT2D eigenvalue weighted by Gasteiger charge is 2.36. The molecule has 0 amide bonds. The third-order valence-electron chi connectivity index (χ3n) is 2.50. The van der Waals surface area contributed by atoms with E-state index in [9.17, 15) is 9.59 Å². The van der Waals surface area contributed by atoms with Gasteiger partial charge in [-0.2, -0.15) is 0 Å². The number of carbonyl (C=O) groups excluding carboxylic acids is 2. The van der Waals surface area contributed by atoms with E-state index in [0.29, 0.717) is 24.1 Å². The Morgan fingerprint density at radius 1 is 1.12 bits per heavy atom. The first kappa shape index (κ1) is 10.6. The lowest BCUT2D eigenvalue weighted by Gasteiger charge is -1.94. The van der Waals surface area contributed by atoms with Crippen LogP contribution in [0.1, 0.15) is 27.1 Å². The fourth-order valence-electron chi connectivity index (χ4n) is 1.72. The lowest BCUT2D eigenvalue weighted by atomic mass is 10.1. The van der Waals surface area contributed by atoms with Gasteiger partial charge in [-0.3, -0.25) is 9.59 Å². The largest absolute Gasteiger partial charge is 0.330 e. The zero-order chi connectivity index (χ0) is 11.5. The van der Waals surface area contributed by atoms with Crippen LogP contribution in [0.15, 0.2) is 24.3 Å². The fraction of sp³-hybridized carbons (Fsp3) is 0.231. The van der Waals surface area contributed by atoms with Gasteiger partial charge in [0, 0.05) is 24.1 Å². The van der Waals surface area contributed by atoms with Crippen molar-refractivity contribution in [2.45, 2.75) is 6.42 Å². The van der Waals surface area contributed by atoms with Crippen molar-refractivity contribution in [3.63, 3.8) is 0 Å². The van der Waals surface area contributed by atoms with Gasteiger partial charge in [0.05, 0.1) is 0 Å². The predicted octanol–water partition coefficient (Wildman–Crippen LogP) is 1.03. The molecule has 1 aromatic rings. The molecule has 16 heavy (non-hydrogen) atoms. The van der Waals surface area contributed by atoms with Crippen molar-refractivity contribution in [3.05, 3.63) is 35.4 Å². The van der Waals surface area contributed by atoms with Crippen LogP contribution in [0.3, 0.4) is 0 Å². The van der Waals surface area contributed by atoms with E-state index >= 15 is 0 Å². The maximum absolute atomic E-state index is 11.8. The number of Topliss-reactive ketones (excluding diaryl/α,β-unsaturated/α-hetero) is 2. The average Bonchev–Trinajstić information content (AvgIpc) is 2.55. The Morgan fingerprint density at radius 2 is 1.69 bits per heavy atom. The van der Waals surface area contributed by atoms with Gasteiger partial charge in [0.25, 0.3) is 0 Å². The van der Waals surface area contributed by atoms with Crippen molar-refractivity contribution in [1.82, 2.24) is 0 Å². The molecule has 0 aromatic heterocycles. The van der Waals surface area contributed by atoms with E-state index in [1.807, 2.05) is 0 Å². The average molecular weight is 213 g/mol. The van der Waals surface area contributed by atoms with Crippen molar-refractivity contribution in [3.8, 4) is 11.8 Å². The summed E-state index contributed by atoms with van der Waals surface area (Å²) in [7, 11) is 0. The van der Waals surface area contributed by atoms with Crippen LogP contribution in [0.5, 0.6) is 0 Å². The third-order valence-corrected chi connectivity index (χ3v) is 2.50. The second kappa shape index (κ2) is 4.30. The van der Waals surface area contributed by atoms with Crippen LogP contribution in [-0.4, -0.2) is 18.1 Å². The van der Waals surface area contributed by atoms with Crippen LogP contribution >= 0.6 is 0 Å². The molecule has 0 radical (unpaired) electrons. The molecule has 0 unspecified atom stereocenters. The Morgan fingerprint density at radius 3 is 2.19 bits per heavy atom. The molecule has 0 spiro atoms. The van der Waals surface area contributed by atoms with E-state index in [1.54, 1.807) is 24.3 Å². The minimum Gasteiger partial charge on any atom is -0.330 e. The van der Waals surface area contributed by atoms with Crippen LogP contribution < -0.4 is 5.73 Å². The molecule has 3 heteroatoms. The second-order valence-corrected chi connectivity index (χ2v) is 3.57. The number of fused-ring (bicyclic) bond motifs is 1. The second-order valence-electron chi connectivity index (χ2n) is 3.57. The van der Waals surface area contributed by atoms with E-state index in [4.69, 9.17) is 5.73 Å². The molecule has 1 aliphatic rings. The number of nitrogens with two attached hydrogens (primary N) is 1. The van der Waals surface area contributed by atoms with Crippen LogP contribution in [0.25, 0.3) is 0 Å². The molecule has 1 aliphatic carbocycles. The fourth-order valence-corrected chi connectivity index (χ4v) is 1.72. The highest BCUT2D eigenvalue weighted by atomic mass is 16.2. The van der Waals surface area contributed by atoms with Crippen LogP contribution in [0.2, 0.25) is 0 Å². The molecule has 0 atom stereocenters. The minimum atomic E-state index is -0.816. The smallest absolute Gasteiger partial charge is 0.186 e. The summed E-state index contributed by atoms with van der Waals surface area (Å²) < 4.78 is 0.